The molecule has 1 aliphatic heterocycles. The third-order valence-electron chi connectivity index (χ3n) is 13.9. The van der Waals surface area contributed by atoms with Crippen molar-refractivity contribution in [2.75, 3.05) is 26.3 Å². The smallest absolute Gasteiger partial charge is 0.123 e. The van der Waals surface area contributed by atoms with Crippen molar-refractivity contribution in [2.45, 2.75) is 180 Å². The number of nitrogens with zero attached hydrogens (tertiary/aromatic N) is 1. The van der Waals surface area contributed by atoms with Gasteiger partial charge in [0.2, 0.25) is 0 Å². The lowest BCUT2D eigenvalue weighted by Gasteiger charge is -2.43. The number of allylic oxidation sites excluding steroid dienone is 2. The van der Waals surface area contributed by atoms with Gasteiger partial charge in [-0.15, -0.1) is 0 Å². The van der Waals surface area contributed by atoms with E-state index in [2.05, 4.69) is 66.5 Å². The van der Waals surface area contributed by atoms with Gasteiger partial charge in [-0.25, -0.2) is 0 Å². The standard InChI is InChI=1S/C27H43NO3.C23H36O3/c1-6-7-8-11-27(4,5)20-16-24(29)26(25(30)17-20)23-18-21(9-10-22(23)19(2)3)28-12-14-31-15-13-28;1-6-7-8-11-23(4,5)16-12-20(25)22(21(26)13-16)19-14-17(24)9-10-18(19)15(2)3/h16-17,21-23,29-30H,2,6-15,18H2,1,3-5H3;12-13,17-19,24-26H,2,6-11,14H2,1,3-5H3/t21-,22+,23-;17?,18-,19+/m01/s1. The highest BCUT2D eigenvalue weighted by atomic mass is 16.5. The number of rotatable bonds is 15. The number of phenols is 4. The lowest BCUT2D eigenvalue weighted by Crippen LogP contribution is -2.46. The highest BCUT2D eigenvalue weighted by Gasteiger charge is 2.39. The molecule has 3 fully saturated rings. The highest BCUT2D eigenvalue weighted by Crippen LogP contribution is 2.51. The molecule has 1 unspecified atom stereocenters. The summed E-state index contributed by atoms with van der Waals surface area (Å²) in [6.45, 7) is 29.1. The second-order valence-electron chi connectivity index (χ2n) is 19.2. The van der Waals surface area contributed by atoms with Gasteiger partial charge in [-0.3, -0.25) is 4.90 Å². The van der Waals surface area contributed by atoms with Crippen molar-refractivity contribution in [1.82, 2.24) is 4.90 Å². The Hall–Kier alpha value is -3.00. The van der Waals surface area contributed by atoms with Crippen LogP contribution in [0.3, 0.4) is 0 Å². The van der Waals surface area contributed by atoms with Gasteiger partial charge in [-0.1, -0.05) is 104 Å². The zero-order valence-electron chi connectivity index (χ0n) is 37.0. The van der Waals surface area contributed by atoms with E-state index in [1.54, 1.807) is 0 Å². The molecule has 57 heavy (non-hydrogen) atoms. The normalized spacial score (nSPS) is 24.7. The number of morpholine rings is 1. The lowest BCUT2D eigenvalue weighted by atomic mass is 9.69. The number of benzene rings is 2. The molecule has 0 aromatic heterocycles. The first-order chi connectivity index (χ1) is 26.9. The van der Waals surface area contributed by atoms with Crippen molar-refractivity contribution in [3.05, 3.63) is 70.8 Å². The van der Waals surface area contributed by atoms with Crippen LogP contribution in [0.15, 0.2) is 48.6 Å². The van der Waals surface area contributed by atoms with Crippen LogP contribution in [0.2, 0.25) is 0 Å². The topological polar surface area (TPSA) is 114 Å². The van der Waals surface area contributed by atoms with Crippen molar-refractivity contribution in [3.8, 4) is 23.0 Å². The molecule has 2 aromatic carbocycles. The summed E-state index contributed by atoms with van der Waals surface area (Å²) in [6, 6.07) is 7.92. The van der Waals surface area contributed by atoms with E-state index in [1.165, 1.54) is 25.7 Å². The van der Waals surface area contributed by atoms with Crippen LogP contribution in [0.1, 0.15) is 179 Å². The molecule has 1 heterocycles. The van der Waals surface area contributed by atoms with Crippen LogP contribution >= 0.6 is 0 Å². The molecule has 0 amide bonds. The molecule has 5 rings (SSSR count). The number of phenolic OH excluding ortho intramolecular Hbond substituents is 4. The molecule has 7 heteroatoms. The summed E-state index contributed by atoms with van der Waals surface area (Å²) in [5.41, 5.74) is 5.31. The average Bonchev–Trinajstić information content (AvgIpc) is 3.15. The van der Waals surface area contributed by atoms with E-state index in [0.717, 1.165) is 112 Å². The summed E-state index contributed by atoms with van der Waals surface area (Å²) < 4.78 is 5.54. The van der Waals surface area contributed by atoms with Crippen molar-refractivity contribution in [1.29, 1.82) is 0 Å². The average molecular weight is 790 g/mol. The van der Waals surface area contributed by atoms with E-state index in [4.69, 9.17) is 4.74 Å². The molecular formula is C50H79NO6. The fourth-order valence-corrected chi connectivity index (χ4v) is 10.1. The van der Waals surface area contributed by atoms with Gasteiger partial charge in [0, 0.05) is 36.2 Å². The molecule has 2 aliphatic carbocycles. The molecule has 2 aromatic rings. The zero-order chi connectivity index (χ0) is 42.1. The molecule has 320 valence electrons. The fourth-order valence-electron chi connectivity index (χ4n) is 10.1. The summed E-state index contributed by atoms with van der Waals surface area (Å²) >= 11 is 0. The van der Waals surface area contributed by atoms with Crippen LogP contribution in [-0.4, -0.2) is 68.9 Å². The molecule has 6 atom stereocenters. The third kappa shape index (κ3) is 12.0. The summed E-state index contributed by atoms with van der Waals surface area (Å²) in [7, 11) is 0. The second kappa shape index (κ2) is 20.8. The Balaban J connectivity index is 0.000000257. The zero-order valence-corrected chi connectivity index (χ0v) is 37.0. The van der Waals surface area contributed by atoms with Gasteiger partial charge in [-0.2, -0.15) is 0 Å². The summed E-state index contributed by atoms with van der Waals surface area (Å²) in [4.78, 5) is 2.53. The van der Waals surface area contributed by atoms with Gasteiger partial charge >= 0.3 is 0 Å². The number of unbranched alkanes of at least 4 members (excludes halogenated alkanes) is 4. The molecule has 0 spiro atoms. The first-order valence-corrected chi connectivity index (χ1v) is 22.3. The maximum atomic E-state index is 11.1. The van der Waals surface area contributed by atoms with Gasteiger partial charge in [0.25, 0.3) is 0 Å². The molecule has 5 N–H and O–H groups in total. The predicted octanol–water partition coefficient (Wildman–Crippen LogP) is 11.9. The van der Waals surface area contributed by atoms with E-state index in [-0.39, 0.29) is 63.6 Å². The Morgan fingerprint density at radius 3 is 1.46 bits per heavy atom. The number of aromatic hydroxyl groups is 4. The van der Waals surface area contributed by atoms with Gasteiger partial charge in [0.1, 0.15) is 23.0 Å². The van der Waals surface area contributed by atoms with E-state index in [1.807, 2.05) is 31.2 Å². The summed E-state index contributed by atoms with van der Waals surface area (Å²) in [5, 5.41) is 53.9. The SMILES string of the molecule is C=C(C)[C@H]1CCC(O)C[C@@H]1c1c(O)cc(C(C)(C)CCCCC)cc1O.C=C(C)[C@H]1CC[C@H](N2CCOCC2)C[C@@H]1c1c(O)cc(C(C)(C)CCCCC)cc1O. The van der Waals surface area contributed by atoms with Crippen molar-refractivity contribution >= 4 is 0 Å². The van der Waals surface area contributed by atoms with Crippen molar-refractivity contribution in [3.63, 3.8) is 0 Å². The van der Waals surface area contributed by atoms with Crippen LogP contribution in [0, 0.1) is 11.8 Å². The molecule has 7 nitrogen and oxygen atoms in total. The number of aliphatic hydroxyl groups is 1. The maximum Gasteiger partial charge on any atom is 0.123 e. The Labute approximate surface area is 346 Å². The number of aliphatic hydroxyl groups excluding tert-OH is 1. The van der Waals surface area contributed by atoms with Crippen LogP contribution in [0.25, 0.3) is 0 Å². The minimum absolute atomic E-state index is 0.0701. The molecule has 0 radical (unpaired) electrons. The maximum absolute atomic E-state index is 11.1. The van der Waals surface area contributed by atoms with Gasteiger partial charge in [0.15, 0.2) is 0 Å². The monoisotopic (exact) mass is 790 g/mol. The molecular weight excluding hydrogens is 711 g/mol. The second-order valence-corrected chi connectivity index (χ2v) is 19.2. The summed E-state index contributed by atoms with van der Waals surface area (Å²) in [6.07, 6.45) is 14.0. The lowest BCUT2D eigenvalue weighted by molar-refractivity contribution is 0.00323. The van der Waals surface area contributed by atoms with E-state index < -0.39 is 0 Å². The van der Waals surface area contributed by atoms with Crippen LogP contribution in [-0.2, 0) is 15.6 Å². The Kier molecular flexibility index (Phi) is 17.0. The van der Waals surface area contributed by atoms with Crippen molar-refractivity contribution in [2.24, 2.45) is 11.8 Å². The minimum atomic E-state index is -0.389. The Morgan fingerprint density at radius 1 is 0.649 bits per heavy atom. The predicted molar refractivity (Wildman–Crippen MR) is 236 cm³/mol. The van der Waals surface area contributed by atoms with E-state index in [0.29, 0.717) is 18.0 Å². The fraction of sp³-hybridized carbons (Fsp3) is 0.680. The van der Waals surface area contributed by atoms with E-state index >= 15 is 0 Å². The minimum Gasteiger partial charge on any atom is -0.508 e. The van der Waals surface area contributed by atoms with Crippen LogP contribution < -0.4 is 0 Å². The number of hydrogen-bond acceptors (Lipinski definition) is 7. The third-order valence-corrected chi connectivity index (χ3v) is 13.9. The van der Waals surface area contributed by atoms with Crippen molar-refractivity contribution < 1.29 is 30.3 Å². The largest absolute Gasteiger partial charge is 0.508 e. The number of hydrogen-bond donors (Lipinski definition) is 5. The highest BCUT2D eigenvalue weighted by molar-refractivity contribution is 5.52. The first kappa shape index (κ1) is 46.7. The van der Waals surface area contributed by atoms with E-state index in [9.17, 15) is 25.5 Å². The van der Waals surface area contributed by atoms with Crippen LogP contribution in [0.4, 0.5) is 0 Å². The quantitative estimate of drug-likeness (QED) is 0.0902. The Bertz CT molecular complexity index is 1580. The van der Waals surface area contributed by atoms with Gasteiger partial charge in [0.05, 0.1) is 19.3 Å². The molecule has 0 bridgehead atoms. The molecule has 3 aliphatic rings. The van der Waals surface area contributed by atoms with Crippen LogP contribution in [0.5, 0.6) is 23.0 Å². The molecule has 2 saturated carbocycles. The Morgan fingerprint density at radius 2 is 1.05 bits per heavy atom. The van der Waals surface area contributed by atoms with Gasteiger partial charge in [-0.05, 0) is 129 Å². The first-order valence-electron chi connectivity index (χ1n) is 22.3. The molecule has 1 saturated heterocycles. The number of ether oxygens (including phenoxy) is 1. The van der Waals surface area contributed by atoms with Gasteiger partial charge < -0.3 is 30.3 Å². The summed E-state index contributed by atoms with van der Waals surface area (Å²) in [5.74, 6) is 1.26.